The summed E-state index contributed by atoms with van der Waals surface area (Å²) in [5.41, 5.74) is 2.12. The summed E-state index contributed by atoms with van der Waals surface area (Å²) < 4.78 is 5.45. The first-order valence-corrected chi connectivity index (χ1v) is 7.52. The SMILES string of the molecule is Cc1ccc(C#CN(C(=O)OC(C)(C)C)c2ccccc2)cc1. The number of para-hydroxylation sites is 1. The van der Waals surface area contributed by atoms with Crippen molar-refractivity contribution in [3.63, 3.8) is 0 Å². The lowest BCUT2D eigenvalue weighted by Crippen LogP contribution is -2.33. The second-order valence-electron chi connectivity index (χ2n) is 6.25. The maximum atomic E-state index is 12.4. The fourth-order valence-corrected chi connectivity index (χ4v) is 1.86. The number of ether oxygens (including phenoxy) is 1. The third-order valence-corrected chi connectivity index (χ3v) is 2.95. The number of carbonyl (C=O) groups excluding carboxylic acids is 1. The second kappa shape index (κ2) is 7.02. The standard InChI is InChI=1S/C20H21NO2/c1-16-10-12-17(13-11-16)14-15-21(18-8-6-5-7-9-18)19(22)23-20(2,3)4/h5-13H,1-4H3. The smallest absolute Gasteiger partial charge is 0.426 e. The molecule has 0 aliphatic heterocycles. The molecule has 0 fully saturated rings. The highest BCUT2D eigenvalue weighted by Crippen LogP contribution is 2.17. The molecule has 3 heteroatoms. The van der Waals surface area contributed by atoms with Gasteiger partial charge in [-0.25, -0.2) is 9.69 Å². The molecular weight excluding hydrogens is 286 g/mol. The van der Waals surface area contributed by atoms with Gasteiger partial charge in [-0.05, 0) is 57.9 Å². The van der Waals surface area contributed by atoms with E-state index in [0.717, 1.165) is 5.56 Å². The number of nitrogens with zero attached hydrogens (tertiary/aromatic N) is 1. The molecular formula is C20H21NO2. The van der Waals surface area contributed by atoms with Crippen LogP contribution in [0.3, 0.4) is 0 Å². The van der Waals surface area contributed by atoms with E-state index in [-0.39, 0.29) is 0 Å². The van der Waals surface area contributed by atoms with Crippen molar-refractivity contribution in [2.75, 3.05) is 4.90 Å². The van der Waals surface area contributed by atoms with Crippen molar-refractivity contribution in [2.24, 2.45) is 0 Å². The highest BCUT2D eigenvalue weighted by Gasteiger charge is 2.22. The minimum absolute atomic E-state index is 0.483. The summed E-state index contributed by atoms with van der Waals surface area (Å²) in [7, 11) is 0. The van der Waals surface area contributed by atoms with Crippen LogP contribution in [0.15, 0.2) is 54.6 Å². The Morgan fingerprint density at radius 1 is 1.00 bits per heavy atom. The van der Waals surface area contributed by atoms with Crippen molar-refractivity contribution in [2.45, 2.75) is 33.3 Å². The zero-order valence-corrected chi connectivity index (χ0v) is 14.0. The Morgan fingerprint density at radius 3 is 2.17 bits per heavy atom. The maximum absolute atomic E-state index is 12.4. The molecule has 0 aliphatic carbocycles. The topological polar surface area (TPSA) is 29.5 Å². The molecule has 2 aromatic rings. The van der Waals surface area contributed by atoms with Crippen LogP contribution in [0.1, 0.15) is 31.9 Å². The van der Waals surface area contributed by atoms with E-state index in [1.54, 1.807) is 0 Å². The Kier molecular flexibility index (Phi) is 5.08. The summed E-state index contributed by atoms with van der Waals surface area (Å²) in [6.07, 6.45) is -0.483. The first kappa shape index (κ1) is 16.6. The molecule has 3 nitrogen and oxygen atoms in total. The Labute approximate surface area is 137 Å². The molecule has 0 bridgehead atoms. The summed E-state index contributed by atoms with van der Waals surface area (Å²) >= 11 is 0. The van der Waals surface area contributed by atoms with Gasteiger partial charge in [-0.15, -0.1) is 0 Å². The van der Waals surface area contributed by atoms with E-state index in [4.69, 9.17) is 4.74 Å². The minimum Gasteiger partial charge on any atom is -0.443 e. The average Bonchev–Trinajstić information content (AvgIpc) is 2.48. The molecule has 0 N–H and O–H groups in total. The summed E-state index contributed by atoms with van der Waals surface area (Å²) in [6.45, 7) is 7.53. The van der Waals surface area contributed by atoms with Crippen molar-refractivity contribution >= 4 is 11.8 Å². The molecule has 0 saturated heterocycles. The molecule has 0 spiro atoms. The number of amides is 1. The zero-order chi connectivity index (χ0) is 16.9. The third-order valence-electron chi connectivity index (χ3n) is 2.95. The Bertz CT molecular complexity index is 716. The molecule has 0 saturated carbocycles. The monoisotopic (exact) mass is 307 g/mol. The lowest BCUT2D eigenvalue weighted by molar-refractivity contribution is 0.0600. The van der Waals surface area contributed by atoms with Gasteiger partial charge in [0.2, 0.25) is 0 Å². The molecule has 118 valence electrons. The molecule has 1 amide bonds. The number of hydrogen-bond donors (Lipinski definition) is 0. The van der Waals surface area contributed by atoms with Crippen molar-refractivity contribution in [1.29, 1.82) is 0 Å². The van der Waals surface area contributed by atoms with Crippen LogP contribution in [0.4, 0.5) is 10.5 Å². The van der Waals surface area contributed by atoms with Gasteiger partial charge in [-0.2, -0.15) is 0 Å². The molecule has 2 rings (SSSR count). The largest absolute Gasteiger partial charge is 0.443 e. The van der Waals surface area contributed by atoms with Gasteiger partial charge >= 0.3 is 6.09 Å². The van der Waals surface area contributed by atoms with Gasteiger partial charge in [0.1, 0.15) is 5.60 Å². The molecule has 0 aromatic heterocycles. The van der Waals surface area contributed by atoms with Crippen molar-refractivity contribution in [3.05, 3.63) is 65.7 Å². The number of aryl methyl sites for hydroxylation is 1. The summed E-state index contributed by atoms with van der Waals surface area (Å²) in [5, 5.41) is 0. The summed E-state index contributed by atoms with van der Waals surface area (Å²) in [6, 6.07) is 20.0. The van der Waals surface area contributed by atoms with E-state index in [0.29, 0.717) is 5.69 Å². The van der Waals surface area contributed by atoms with Crippen LogP contribution in [0.2, 0.25) is 0 Å². The number of carbonyl (C=O) groups is 1. The fourth-order valence-electron chi connectivity index (χ4n) is 1.86. The predicted molar refractivity (Wildman–Crippen MR) is 93.2 cm³/mol. The van der Waals surface area contributed by atoms with Crippen LogP contribution >= 0.6 is 0 Å². The first-order chi connectivity index (χ1) is 10.8. The van der Waals surface area contributed by atoms with Crippen LogP contribution in [0.5, 0.6) is 0 Å². The Morgan fingerprint density at radius 2 is 1.61 bits per heavy atom. The molecule has 0 radical (unpaired) electrons. The van der Waals surface area contributed by atoms with Gasteiger partial charge in [0.05, 0.1) is 5.69 Å². The van der Waals surface area contributed by atoms with Gasteiger partial charge in [-0.3, -0.25) is 0 Å². The number of hydrogen-bond acceptors (Lipinski definition) is 2. The van der Waals surface area contributed by atoms with E-state index in [1.807, 2.05) is 82.3 Å². The Hall–Kier alpha value is -2.73. The van der Waals surface area contributed by atoms with E-state index >= 15 is 0 Å². The van der Waals surface area contributed by atoms with Crippen LogP contribution < -0.4 is 4.90 Å². The van der Waals surface area contributed by atoms with Crippen molar-refractivity contribution in [3.8, 4) is 12.0 Å². The van der Waals surface area contributed by atoms with Gasteiger partial charge < -0.3 is 4.74 Å². The summed E-state index contributed by atoms with van der Waals surface area (Å²) in [5.74, 6) is 3.01. The summed E-state index contributed by atoms with van der Waals surface area (Å²) in [4.78, 5) is 13.8. The van der Waals surface area contributed by atoms with E-state index in [9.17, 15) is 4.79 Å². The highest BCUT2D eigenvalue weighted by molar-refractivity contribution is 5.91. The van der Waals surface area contributed by atoms with Crippen LogP contribution in [0.25, 0.3) is 0 Å². The molecule has 2 aromatic carbocycles. The lowest BCUT2D eigenvalue weighted by Gasteiger charge is -2.23. The molecule has 23 heavy (non-hydrogen) atoms. The van der Waals surface area contributed by atoms with Crippen LogP contribution in [-0.2, 0) is 4.74 Å². The fraction of sp³-hybridized carbons (Fsp3) is 0.250. The van der Waals surface area contributed by atoms with Crippen molar-refractivity contribution in [1.82, 2.24) is 0 Å². The number of anilines is 1. The Balaban J connectivity index is 2.31. The quantitative estimate of drug-likeness (QED) is 0.562. The van der Waals surface area contributed by atoms with Gasteiger partial charge in [0, 0.05) is 11.6 Å². The van der Waals surface area contributed by atoms with E-state index in [1.165, 1.54) is 10.5 Å². The molecule has 0 heterocycles. The van der Waals surface area contributed by atoms with E-state index < -0.39 is 11.7 Å². The van der Waals surface area contributed by atoms with Crippen molar-refractivity contribution < 1.29 is 9.53 Å². The lowest BCUT2D eigenvalue weighted by atomic mass is 10.2. The van der Waals surface area contributed by atoms with Crippen LogP contribution in [0, 0.1) is 18.9 Å². The maximum Gasteiger partial charge on any atom is 0.426 e. The van der Waals surface area contributed by atoms with Gasteiger partial charge in [-0.1, -0.05) is 35.9 Å². The second-order valence-corrected chi connectivity index (χ2v) is 6.25. The number of rotatable bonds is 1. The third kappa shape index (κ3) is 5.19. The first-order valence-electron chi connectivity index (χ1n) is 7.52. The van der Waals surface area contributed by atoms with Gasteiger partial charge in [0.25, 0.3) is 0 Å². The van der Waals surface area contributed by atoms with E-state index in [2.05, 4.69) is 12.0 Å². The number of benzene rings is 2. The normalized spacial score (nSPS) is 10.4. The minimum atomic E-state index is -0.574. The molecule has 0 unspecified atom stereocenters. The molecule has 0 atom stereocenters. The highest BCUT2D eigenvalue weighted by atomic mass is 16.6. The van der Waals surface area contributed by atoms with Crippen LogP contribution in [-0.4, -0.2) is 11.7 Å². The average molecular weight is 307 g/mol. The zero-order valence-electron chi connectivity index (χ0n) is 14.0. The van der Waals surface area contributed by atoms with Gasteiger partial charge in [0.15, 0.2) is 0 Å². The predicted octanol–water partition coefficient (Wildman–Crippen LogP) is 4.75. The molecule has 0 aliphatic rings.